The van der Waals surface area contributed by atoms with E-state index in [1.807, 2.05) is 12.1 Å². The molecule has 3 aromatic rings. The normalized spacial score (nSPS) is 16.3. The molecular weight excluding hydrogens is 464 g/mol. The van der Waals surface area contributed by atoms with Crippen LogP contribution in [0.4, 0.5) is 0 Å². The number of methoxy groups -OCH3 is 1. The zero-order chi connectivity index (χ0) is 21.8. The van der Waals surface area contributed by atoms with Crippen molar-refractivity contribution >= 4 is 38.7 Å². The second-order valence-electron chi connectivity index (χ2n) is 7.39. The minimum absolute atomic E-state index is 0.153. The van der Waals surface area contributed by atoms with Gasteiger partial charge in [-0.05, 0) is 55.7 Å². The molecule has 0 spiro atoms. The highest BCUT2D eigenvalue weighted by atomic mass is 79.9. The zero-order valence-electron chi connectivity index (χ0n) is 17.2. The third-order valence-corrected chi connectivity index (χ3v) is 5.82. The second kappa shape index (κ2) is 9.66. The van der Waals surface area contributed by atoms with E-state index in [2.05, 4.69) is 15.9 Å². The Morgan fingerprint density at radius 3 is 2.65 bits per heavy atom. The number of carbonyl (C=O) groups excluding carboxylic acids is 2. The molecule has 0 amide bonds. The van der Waals surface area contributed by atoms with Crippen LogP contribution in [-0.4, -0.2) is 31.8 Å². The third kappa shape index (κ3) is 4.99. The van der Waals surface area contributed by atoms with Gasteiger partial charge in [0.1, 0.15) is 11.3 Å². The number of rotatable bonds is 7. The minimum Gasteiger partial charge on any atom is -0.469 e. The summed E-state index contributed by atoms with van der Waals surface area (Å²) in [5, 5.41) is 0.779. The molecule has 0 N–H and O–H groups in total. The first-order valence-electron chi connectivity index (χ1n) is 10.3. The Balaban J connectivity index is 1.68. The molecule has 0 aliphatic carbocycles. The van der Waals surface area contributed by atoms with E-state index in [-0.39, 0.29) is 30.2 Å². The summed E-state index contributed by atoms with van der Waals surface area (Å²) >= 11 is 3.38. The topological polar surface area (TPSA) is 75.0 Å². The van der Waals surface area contributed by atoms with E-state index in [4.69, 9.17) is 18.6 Å². The number of esters is 1. The molecule has 1 fully saturated rings. The van der Waals surface area contributed by atoms with E-state index >= 15 is 0 Å². The van der Waals surface area contributed by atoms with Gasteiger partial charge in [0, 0.05) is 39.9 Å². The van der Waals surface area contributed by atoms with Gasteiger partial charge in [-0.15, -0.1) is 0 Å². The highest BCUT2D eigenvalue weighted by Crippen LogP contribution is 2.33. The number of furan rings is 1. The number of halogens is 1. The van der Waals surface area contributed by atoms with Gasteiger partial charge in [-0.3, -0.25) is 9.59 Å². The van der Waals surface area contributed by atoms with Crippen LogP contribution < -0.4 is 4.74 Å². The lowest BCUT2D eigenvalue weighted by atomic mass is 10.0. The van der Waals surface area contributed by atoms with Crippen molar-refractivity contribution in [1.29, 1.82) is 0 Å². The Labute approximate surface area is 188 Å². The van der Waals surface area contributed by atoms with Crippen LogP contribution in [0.15, 0.2) is 51.4 Å². The van der Waals surface area contributed by atoms with Gasteiger partial charge in [-0.2, -0.15) is 0 Å². The molecule has 1 saturated heterocycles. The SMILES string of the molecule is COC(=O)CCc1c(C(=O)c2ccc(Br)cc2)oc2cc(OC3CCCCO3)ccc12. The van der Waals surface area contributed by atoms with Crippen molar-refractivity contribution in [3.05, 3.63) is 63.8 Å². The Morgan fingerprint density at radius 1 is 1.13 bits per heavy atom. The quantitative estimate of drug-likeness (QED) is 0.327. The molecule has 162 valence electrons. The van der Waals surface area contributed by atoms with Crippen molar-refractivity contribution in [2.75, 3.05) is 13.7 Å². The van der Waals surface area contributed by atoms with E-state index in [1.165, 1.54) is 7.11 Å². The fraction of sp³-hybridized carbons (Fsp3) is 0.333. The van der Waals surface area contributed by atoms with Crippen molar-refractivity contribution in [3.63, 3.8) is 0 Å². The number of carbonyl (C=O) groups is 2. The van der Waals surface area contributed by atoms with Crippen molar-refractivity contribution in [2.24, 2.45) is 0 Å². The Hall–Kier alpha value is -2.64. The Morgan fingerprint density at radius 2 is 1.94 bits per heavy atom. The molecule has 0 bridgehead atoms. The van der Waals surface area contributed by atoms with Crippen molar-refractivity contribution in [1.82, 2.24) is 0 Å². The molecule has 31 heavy (non-hydrogen) atoms. The monoisotopic (exact) mass is 486 g/mol. The molecule has 0 saturated carbocycles. The van der Waals surface area contributed by atoms with Crippen molar-refractivity contribution < 1.29 is 28.2 Å². The first-order valence-corrected chi connectivity index (χ1v) is 11.0. The van der Waals surface area contributed by atoms with Crippen LogP contribution in [0.3, 0.4) is 0 Å². The maximum absolute atomic E-state index is 13.2. The van der Waals surface area contributed by atoms with E-state index in [1.54, 1.807) is 30.3 Å². The first kappa shape index (κ1) is 21.6. The standard InChI is InChI=1S/C24H23BrO6/c1-28-21(26)12-11-19-18-10-9-17(30-22-4-2-3-13-29-22)14-20(18)31-24(19)23(27)15-5-7-16(25)8-6-15/h5-10,14,22H,2-4,11-13H2,1H3. The number of ketones is 1. The van der Waals surface area contributed by atoms with Crippen LogP contribution in [0.2, 0.25) is 0 Å². The van der Waals surface area contributed by atoms with Gasteiger partial charge < -0.3 is 18.6 Å². The molecule has 0 radical (unpaired) electrons. The summed E-state index contributed by atoms with van der Waals surface area (Å²) in [6.45, 7) is 0.692. The predicted octanol–water partition coefficient (Wildman–Crippen LogP) is 5.44. The van der Waals surface area contributed by atoms with Crippen molar-refractivity contribution in [3.8, 4) is 5.75 Å². The lowest BCUT2D eigenvalue weighted by molar-refractivity contribution is -0.140. The zero-order valence-corrected chi connectivity index (χ0v) is 18.8. The molecule has 2 heterocycles. The summed E-state index contributed by atoms with van der Waals surface area (Å²) in [4.78, 5) is 24.9. The molecule has 2 aromatic carbocycles. The highest BCUT2D eigenvalue weighted by molar-refractivity contribution is 9.10. The fourth-order valence-electron chi connectivity index (χ4n) is 3.65. The highest BCUT2D eigenvalue weighted by Gasteiger charge is 2.23. The van der Waals surface area contributed by atoms with Gasteiger partial charge >= 0.3 is 5.97 Å². The lowest BCUT2D eigenvalue weighted by Crippen LogP contribution is -2.24. The van der Waals surface area contributed by atoms with E-state index < -0.39 is 0 Å². The first-order chi connectivity index (χ1) is 15.0. The van der Waals surface area contributed by atoms with Gasteiger partial charge in [0.15, 0.2) is 12.1 Å². The molecule has 6 nitrogen and oxygen atoms in total. The average molecular weight is 487 g/mol. The molecule has 1 unspecified atom stereocenters. The third-order valence-electron chi connectivity index (χ3n) is 5.29. The molecule has 1 aliphatic heterocycles. The van der Waals surface area contributed by atoms with Crippen LogP contribution in [0.5, 0.6) is 5.75 Å². The van der Waals surface area contributed by atoms with E-state index in [0.29, 0.717) is 35.5 Å². The second-order valence-corrected chi connectivity index (χ2v) is 8.31. The molecule has 1 aliphatic rings. The predicted molar refractivity (Wildman–Crippen MR) is 118 cm³/mol. The summed E-state index contributed by atoms with van der Waals surface area (Å²) < 4.78 is 23.2. The molecule has 1 aromatic heterocycles. The smallest absolute Gasteiger partial charge is 0.305 e. The lowest BCUT2D eigenvalue weighted by Gasteiger charge is -2.23. The Bertz CT molecular complexity index is 1080. The number of benzene rings is 2. The number of hydrogen-bond acceptors (Lipinski definition) is 6. The van der Waals surface area contributed by atoms with Gasteiger partial charge in [0.05, 0.1) is 13.7 Å². The van der Waals surface area contributed by atoms with Crippen LogP contribution in [0.1, 0.15) is 47.4 Å². The summed E-state index contributed by atoms with van der Waals surface area (Å²) in [6.07, 6.45) is 3.17. The molecule has 4 rings (SSSR count). The number of hydrogen-bond donors (Lipinski definition) is 0. The summed E-state index contributed by atoms with van der Waals surface area (Å²) in [5.74, 6) is 0.273. The molecular formula is C24H23BrO6. The minimum atomic E-state index is -0.342. The average Bonchev–Trinajstić information content (AvgIpc) is 3.16. The summed E-state index contributed by atoms with van der Waals surface area (Å²) in [7, 11) is 1.35. The van der Waals surface area contributed by atoms with Gasteiger partial charge in [0.2, 0.25) is 5.78 Å². The van der Waals surface area contributed by atoms with Crippen molar-refractivity contribution in [2.45, 2.75) is 38.4 Å². The van der Waals surface area contributed by atoms with Gasteiger partial charge in [-0.1, -0.05) is 15.9 Å². The van der Waals surface area contributed by atoms with Gasteiger partial charge in [-0.25, -0.2) is 0 Å². The van der Waals surface area contributed by atoms with Crippen LogP contribution in [-0.2, 0) is 20.7 Å². The number of ether oxygens (including phenoxy) is 3. The maximum Gasteiger partial charge on any atom is 0.305 e. The van der Waals surface area contributed by atoms with Crippen LogP contribution in [0.25, 0.3) is 11.0 Å². The Kier molecular flexibility index (Phi) is 6.73. The van der Waals surface area contributed by atoms with Crippen LogP contribution in [0, 0.1) is 0 Å². The van der Waals surface area contributed by atoms with Gasteiger partial charge in [0.25, 0.3) is 0 Å². The number of fused-ring (bicyclic) bond motifs is 1. The number of aryl methyl sites for hydroxylation is 1. The van der Waals surface area contributed by atoms with Crippen LogP contribution >= 0.6 is 15.9 Å². The van der Waals surface area contributed by atoms with E-state index in [0.717, 1.165) is 29.1 Å². The maximum atomic E-state index is 13.2. The molecule has 7 heteroatoms. The van der Waals surface area contributed by atoms with E-state index in [9.17, 15) is 9.59 Å². The summed E-state index contributed by atoms with van der Waals surface area (Å²) in [6, 6.07) is 12.6. The summed E-state index contributed by atoms with van der Waals surface area (Å²) in [5.41, 5.74) is 1.73. The fourth-order valence-corrected chi connectivity index (χ4v) is 3.92. The molecule has 1 atom stereocenters. The largest absolute Gasteiger partial charge is 0.469 e.